The smallest absolute Gasteiger partial charge is 0.279 e. The van der Waals surface area contributed by atoms with E-state index < -0.39 is 11.7 Å². The third-order valence-electron chi connectivity index (χ3n) is 4.12. The van der Waals surface area contributed by atoms with Crippen LogP contribution in [-0.4, -0.2) is 27.7 Å². The molecule has 0 atom stereocenters. The lowest BCUT2D eigenvalue weighted by atomic mass is 10.1. The monoisotopic (exact) mass is 398 g/mol. The molecule has 3 heterocycles. The van der Waals surface area contributed by atoms with Crippen molar-refractivity contribution in [3.05, 3.63) is 59.5 Å². The molecule has 1 N–H and O–H groups in total. The lowest BCUT2D eigenvalue weighted by Gasteiger charge is -2.02. The fourth-order valence-electron chi connectivity index (χ4n) is 2.67. The highest BCUT2D eigenvalue weighted by molar-refractivity contribution is 7.14. The van der Waals surface area contributed by atoms with Gasteiger partial charge in [0.1, 0.15) is 11.6 Å². The van der Waals surface area contributed by atoms with Crippen LogP contribution in [0, 0.1) is 5.82 Å². The van der Waals surface area contributed by atoms with E-state index in [1.54, 1.807) is 6.07 Å². The summed E-state index contributed by atoms with van der Waals surface area (Å²) in [6, 6.07) is 9.57. The van der Waals surface area contributed by atoms with Crippen molar-refractivity contribution in [2.75, 3.05) is 12.4 Å². The largest absolute Gasteiger partial charge is 0.497 e. The Morgan fingerprint density at radius 1 is 1.32 bits per heavy atom. The van der Waals surface area contributed by atoms with Crippen LogP contribution in [0.1, 0.15) is 10.5 Å². The second-order valence-corrected chi connectivity index (χ2v) is 6.78. The highest BCUT2D eigenvalue weighted by Crippen LogP contribution is 2.28. The minimum atomic E-state index is -0.533. The number of hydrogen-bond acceptors (Lipinski definition) is 6. The molecule has 142 valence electrons. The van der Waals surface area contributed by atoms with Gasteiger partial charge in [0, 0.05) is 30.8 Å². The molecule has 0 aliphatic carbocycles. The Bertz CT molecular complexity index is 1150. The number of nitrogens with one attached hydrogen (secondary N) is 1. The van der Waals surface area contributed by atoms with Crippen molar-refractivity contribution in [1.82, 2.24) is 14.7 Å². The summed E-state index contributed by atoms with van der Waals surface area (Å²) in [5, 5.41) is 8.70. The summed E-state index contributed by atoms with van der Waals surface area (Å²) in [5.41, 5.74) is 1.91. The van der Waals surface area contributed by atoms with Crippen LogP contribution in [0.15, 0.2) is 52.5 Å². The first-order valence-corrected chi connectivity index (χ1v) is 9.12. The zero-order chi connectivity index (χ0) is 19.7. The van der Waals surface area contributed by atoms with E-state index in [1.807, 2.05) is 35.3 Å². The second-order valence-electron chi connectivity index (χ2n) is 5.92. The lowest BCUT2D eigenvalue weighted by molar-refractivity contribution is 0.101. The second kappa shape index (κ2) is 7.28. The SMILES string of the molecule is COc1ccc(-c2cc(C(=O)Nc3nc(-c4cccn4C)cs3)no2)c(F)c1. The quantitative estimate of drug-likeness (QED) is 0.545. The number of aromatic nitrogens is 3. The van der Waals surface area contributed by atoms with Crippen LogP contribution in [0.5, 0.6) is 5.75 Å². The molecule has 1 amide bonds. The molecule has 0 fully saturated rings. The van der Waals surface area contributed by atoms with E-state index in [0.29, 0.717) is 10.9 Å². The fourth-order valence-corrected chi connectivity index (χ4v) is 3.37. The van der Waals surface area contributed by atoms with Crippen LogP contribution in [0.4, 0.5) is 9.52 Å². The van der Waals surface area contributed by atoms with Gasteiger partial charge in [-0.3, -0.25) is 10.1 Å². The molecule has 3 aromatic heterocycles. The Hall–Kier alpha value is -3.46. The molecule has 0 unspecified atom stereocenters. The standard InChI is InChI=1S/C19H15FN4O3S/c1-24-7-3-4-16(24)15-10-28-19(21-15)22-18(25)14-9-17(27-23-14)12-6-5-11(26-2)8-13(12)20/h3-10H,1-2H3,(H,21,22,25). The number of aryl methyl sites for hydroxylation is 1. The number of rotatable bonds is 5. The molecule has 0 saturated heterocycles. The Labute approximate surface area is 163 Å². The van der Waals surface area contributed by atoms with Crippen molar-refractivity contribution in [1.29, 1.82) is 0 Å². The van der Waals surface area contributed by atoms with E-state index in [9.17, 15) is 9.18 Å². The zero-order valence-electron chi connectivity index (χ0n) is 15.0. The van der Waals surface area contributed by atoms with E-state index in [1.165, 1.54) is 36.6 Å². The summed E-state index contributed by atoms with van der Waals surface area (Å²) < 4.78 is 26.2. The molecule has 9 heteroatoms. The Morgan fingerprint density at radius 2 is 2.18 bits per heavy atom. The number of ether oxygens (including phenoxy) is 1. The summed E-state index contributed by atoms with van der Waals surface area (Å²) in [6.07, 6.45) is 1.92. The van der Waals surface area contributed by atoms with Gasteiger partial charge in [-0.15, -0.1) is 11.3 Å². The van der Waals surface area contributed by atoms with Crippen molar-refractivity contribution in [2.24, 2.45) is 7.05 Å². The maximum Gasteiger partial charge on any atom is 0.279 e. The van der Waals surface area contributed by atoms with Gasteiger partial charge in [0.2, 0.25) is 0 Å². The van der Waals surface area contributed by atoms with Gasteiger partial charge in [-0.2, -0.15) is 0 Å². The first-order chi connectivity index (χ1) is 13.5. The molecule has 0 aliphatic heterocycles. The highest BCUT2D eigenvalue weighted by atomic mass is 32.1. The van der Waals surface area contributed by atoms with Gasteiger partial charge in [0.05, 0.1) is 24.1 Å². The minimum Gasteiger partial charge on any atom is -0.497 e. The van der Waals surface area contributed by atoms with Crippen molar-refractivity contribution >= 4 is 22.4 Å². The van der Waals surface area contributed by atoms with Crippen LogP contribution in [0.3, 0.4) is 0 Å². The third kappa shape index (κ3) is 3.39. The normalized spacial score (nSPS) is 10.8. The first-order valence-electron chi connectivity index (χ1n) is 8.24. The van der Waals surface area contributed by atoms with Crippen LogP contribution in [0.2, 0.25) is 0 Å². The summed E-state index contributed by atoms with van der Waals surface area (Å²) in [6.45, 7) is 0. The number of carbonyl (C=O) groups excluding carboxylic acids is 1. The molecule has 1 aromatic carbocycles. The molecule has 28 heavy (non-hydrogen) atoms. The molecule has 7 nitrogen and oxygen atoms in total. The molecule has 0 aliphatic rings. The summed E-state index contributed by atoms with van der Waals surface area (Å²) in [5.74, 6) is -0.489. The highest BCUT2D eigenvalue weighted by Gasteiger charge is 2.18. The number of thiazole rings is 1. The van der Waals surface area contributed by atoms with E-state index in [-0.39, 0.29) is 17.0 Å². The van der Waals surface area contributed by atoms with Gasteiger partial charge in [0.15, 0.2) is 16.6 Å². The van der Waals surface area contributed by atoms with Crippen LogP contribution >= 0.6 is 11.3 Å². The van der Waals surface area contributed by atoms with E-state index >= 15 is 0 Å². The average molecular weight is 398 g/mol. The maximum atomic E-state index is 14.2. The topological polar surface area (TPSA) is 82.2 Å². The third-order valence-corrected chi connectivity index (χ3v) is 4.87. The number of anilines is 1. The zero-order valence-corrected chi connectivity index (χ0v) is 15.8. The minimum absolute atomic E-state index is 0.0286. The maximum absolute atomic E-state index is 14.2. The molecular formula is C19H15FN4O3S. The molecule has 0 spiro atoms. The van der Waals surface area contributed by atoms with E-state index in [2.05, 4.69) is 15.5 Å². The van der Waals surface area contributed by atoms with Gasteiger partial charge >= 0.3 is 0 Å². The van der Waals surface area contributed by atoms with Gasteiger partial charge in [-0.1, -0.05) is 5.16 Å². The van der Waals surface area contributed by atoms with Crippen molar-refractivity contribution < 1.29 is 18.4 Å². The molecule has 4 aromatic rings. The Kier molecular flexibility index (Phi) is 4.66. The number of halogens is 1. The Morgan fingerprint density at radius 3 is 2.89 bits per heavy atom. The average Bonchev–Trinajstić information content (AvgIpc) is 3.42. The molecule has 0 saturated carbocycles. The van der Waals surface area contributed by atoms with Crippen molar-refractivity contribution in [3.8, 4) is 28.5 Å². The summed E-state index contributed by atoms with van der Waals surface area (Å²) >= 11 is 1.30. The lowest BCUT2D eigenvalue weighted by Crippen LogP contribution is -2.11. The Balaban J connectivity index is 1.51. The van der Waals surface area contributed by atoms with E-state index in [0.717, 1.165) is 11.4 Å². The summed E-state index contributed by atoms with van der Waals surface area (Å²) in [4.78, 5) is 16.8. The van der Waals surface area contributed by atoms with Gasteiger partial charge in [0.25, 0.3) is 5.91 Å². The molecule has 0 bridgehead atoms. The predicted octanol–water partition coefficient (Wildman–Crippen LogP) is 4.20. The number of nitrogens with zero attached hydrogens (tertiary/aromatic N) is 3. The summed E-state index contributed by atoms with van der Waals surface area (Å²) in [7, 11) is 3.37. The van der Waals surface area contributed by atoms with Crippen LogP contribution in [-0.2, 0) is 7.05 Å². The number of methoxy groups -OCH3 is 1. The molecular weight excluding hydrogens is 383 g/mol. The van der Waals surface area contributed by atoms with Crippen LogP contribution < -0.4 is 10.1 Å². The van der Waals surface area contributed by atoms with Crippen LogP contribution in [0.25, 0.3) is 22.7 Å². The number of benzene rings is 1. The van der Waals surface area contributed by atoms with Crippen molar-refractivity contribution in [2.45, 2.75) is 0 Å². The number of hydrogen-bond donors (Lipinski definition) is 1. The van der Waals surface area contributed by atoms with E-state index in [4.69, 9.17) is 9.26 Å². The van der Waals surface area contributed by atoms with Gasteiger partial charge in [-0.25, -0.2) is 9.37 Å². The van der Waals surface area contributed by atoms with Gasteiger partial charge in [-0.05, 0) is 24.3 Å². The molecule has 0 radical (unpaired) electrons. The number of carbonyl (C=O) groups is 1. The van der Waals surface area contributed by atoms with Crippen molar-refractivity contribution in [3.63, 3.8) is 0 Å². The molecule has 4 rings (SSSR count). The number of amides is 1. The predicted molar refractivity (Wildman–Crippen MR) is 103 cm³/mol. The van der Waals surface area contributed by atoms with Gasteiger partial charge < -0.3 is 13.8 Å². The fraction of sp³-hybridized carbons (Fsp3) is 0.105. The first kappa shape index (κ1) is 17.9.